The monoisotopic (exact) mass is 1090 g/mol. The Bertz CT molecular complexity index is 5070. The SMILES string of the molecule is c1ccc(-n2c3ccccc3c3cc(N(c4ccc5c(c4)c4ccccc4n5-c4ccccc4-c4nc5ccccc5o4)c4ccc5c(c4)c4ccccc4n5-c4ccccc4-c4nc5ccccc5o4)ccc32)c(-c2nc3ccccc3o2)c1. The average Bonchev–Trinajstić information content (AvgIpc) is 2.28. The number of hydrogen-bond donors (Lipinski definition) is 0. The van der Waals surface area contributed by atoms with Crippen molar-refractivity contribution in [1.29, 1.82) is 0 Å². The molecule has 18 aromatic rings. The average molecular weight is 1090 g/mol. The van der Waals surface area contributed by atoms with Crippen LogP contribution in [0.4, 0.5) is 17.1 Å². The Morgan fingerprint density at radius 2 is 0.518 bits per heavy atom. The molecule has 12 aromatic carbocycles. The van der Waals surface area contributed by atoms with Gasteiger partial charge in [0.2, 0.25) is 17.7 Å². The maximum Gasteiger partial charge on any atom is 0.229 e. The zero-order valence-electron chi connectivity index (χ0n) is 45.3. The molecule has 0 saturated heterocycles. The van der Waals surface area contributed by atoms with Crippen LogP contribution < -0.4 is 4.90 Å². The third-order valence-corrected chi connectivity index (χ3v) is 16.8. The molecule has 0 spiro atoms. The molecule has 18 rings (SSSR count). The molecule has 10 nitrogen and oxygen atoms in total. The van der Waals surface area contributed by atoms with Crippen LogP contribution in [0.15, 0.2) is 286 Å². The highest BCUT2D eigenvalue weighted by Gasteiger charge is 2.25. The minimum atomic E-state index is 0.573. The van der Waals surface area contributed by atoms with Crippen LogP contribution in [0, 0.1) is 0 Å². The summed E-state index contributed by atoms with van der Waals surface area (Å²) in [5, 5.41) is 6.68. The van der Waals surface area contributed by atoms with E-state index in [0.717, 1.165) is 150 Å². The van der Waals surface area contributed by atoms with Crippen molar-refractivity contribution in [2.24, 2.45) is 0 Å². The van der Waals surface area contributed by atoms with Gasteiger partial charge in [0.05, 0.1) is 66.9 Å². The van der Waals surface area contributed by atoms with Gasteiger partial charge in [-0.15, -0.1) is 0 Å². The number of anilines is 3. The Hall–Kier alpha value is -11.8. The summed E-state index contributed by atoms with van der Waals surface area (Å²) in [6, 6.07) is 95.6. The van der Waals surface area contributed by atoms with Gasteiger partial charge >= 0.3 is 0 Å². The third kappa shape index (κ3) is 7.22. The first-order chi connectivity index (χ1) is 42.1. The molecule has 398 valence electrons. The van der Waals surface area contributed by atoms with E-state index in [-0.39, 0.29) is 0 Å². The van der Waals surface area contributed by atoms with E-state index in [1.54, 1.807) is 0 Å². The van der Waals surface area contributed by atoms with Crippen molar-refractivity contribution in [1.82, 2.24) is 28.7 Å². The second-order valence-corrected chi connectivity index (χ2v) is 21.5. The number of hydrogen-bond acceptors (Lipinski definition) is 7. The number of benzene rings is 12. The van der Waals surface area contributed by atoms with E-state index < -0.39 is 0 Å². The van der Waals surface area contributed by atoms with E-state index in [0.29, 0.717) is 17.7 Å². The molecule has 0 amide bonds. The highest BCUT2D eigenvalue weighted by Crippen LogP contribution is 2.46. The molecule has 6 aromatic heterocycles. The summed E-state index contributed by atoms with van der Waals surface area (Å²) < 4.78 is 26.4. The van der Waals surface area contributed by atoms with Crippen molar-refractivity contribution in [3.8, 4) is 51.4 Å². The summed E-state index contributed by atoms with van der Waals surface area (Å²) in [6.45, 7) is 0. The van der Waals surface area contributed by atoms with Gasteiger partial charge < -0.3 is 31.9 Å². The molecule has 10 heteroatoms. The van der Waals surface area contributed by atoms with Gasteiger partial charge in [0.25, 0.3) is 0 Å². The van der Waals surface area contributed by atoms with Crippen molar-refractivity contribution in [2.75, 3.05) is 4.90 Å². The Morgan fingerprint density at radius 3 is 0.847 bits per heavy atom. The van der Waals surface area contributed by atoms with Gasteiger partial charge in [-0.3, -0.25) is 0 Å². The molecule has 0 fully saturated rings. The number of fused-ring (bicyclic) bond motifs is 12. The van der Waals surface area contributed by atoms with Crippen LogP contribution in [0.25, 0.3) is 150 Å². The molecule has 0 atom stereocenters. The molecule has 0 radical (unpaired) electrons. The minimum Gasteiger partial charge on any atom is -0.436 e. The maximum absolute atomic E-state index is 6.46. The van der Waals surface area contributed by atoms with Gasteiger partial charge in [-0.25, -0.2) is 15.0 Å². The normalized spacial score (nSPS) is 12.0. The Labute approximate surface area is 484 Å². The van der Waals surface area contributed by atoms with E-state index >= 15 is 0 Å². The van der Waals surface area contributed by atoms with Gasteiger partial charge in [0.1, 0.15) is 16.6 Å². The van der Waals surface area contributed by atoms with E-state index in [4.69, 9.17) is 28.2 Å². The number of nitrogens with zero attached hydrogens (tertiary/aromatic N) is 7. The molecule has 0 unspecified atom stereocenters. The summed E-state index contributed by atoms with van der Waals surface area (Å²) in [5.41, 5.74) is 19.7. The zero-order chi connectivity index (χ0) is 55.7. The Balaban J connectivity index is 0.860. The summed E-state index contributed by atoms with van der Waals surface area (Å²) in [7, 11) is 0. The Kier molecular flexibility index (Phi) is 10.2. The third-order valence-electron chi connectivity index (χ3n) is 16.8. The van der Waals surface area contributed by atoms with Gasteiger partial charge in [-0.1, -0.05) is 127 Å². The van der Waals surface area contributed by atoms with Crippen LogP contribution in [-0.4, -0.2) is 28.7 Å². The molecule has 0 aliphatic rings. The lowest BCUT2D eigenvalue weighted by Crippen LogP contribution is -2.10. The minimum absolute atomic E-state index is 0.573. The summed E-state index contributed by atoms with van der Waals surface area (Å²) in [6.07, 6.45) is 0. The van der Waals surface area contributed by atoms with Gasteiger partial charge in [0.15, 0.2) is 16.7 Å². The highest BCUT2D eigenvalue weighted by atomic mass is 16.4. The second-order valence-electron chi connectivity index (χ2n) is 21.5. The van der Waals surface area contributed by atoms with E-state index in [2.05, 4.69) is 201 Å². The van der Waals surface area contributed by atoms with Gasteiger partial charge in [0, 0.05) is 49.4 Å². The molecule has 0 saturated carbocycles. The fourth-order valence-electron chi connectivity index (χ4n) is 13.0. The van der Waals surface area contributed by atoms with Crippen LogP contribution in [0.2, 0.25) is 0 Å². The van der Waals surface area contributed by atoms with E-state index in [1.807, 2.05) is 91.0 Å². The summed E-state index contributed by atoms with van der Waals surface area (Å²) in [4.78, 5) is 17.4. The predicted molar refractivity (Wildman–Crippen MR) is 343 cm³/mol. The van der Waals surface area contributed by atoms with Crippen LogP contribution in [0.1, 0.15) is 0 Å². The van der Waals surface area contributed by atoms with Crippen molar-refractivity contribution < 1.29 is 13.3 Å². The molecule has 0 N–H and O–H groups in total. The van der Waals surface area contributed by atoms with Crippen LogP contribution in [-0.2, 0) is 0 Å². The van der Waals surface area contributed by atoms with Gasteiger partial charge in [-0.2, -0.15) is 0 Å². The fourth-order valence-corrected chi connectivity index (χ4v) is 13.0. The topological polar surface area (TPSA) is 96.1 Å². The number of rotatable bonds is 9. The zero-order valence-corrected chi connectivity index (χ0v) is 45.3. The van der Waals surface area contributed by atoms with Crippen molar-refractivity contribution in [2.45, 2.75) is 0 Å². The summed E-state index contributed by atoms with van der Waals surface area (Å²) >= 11 is 0. The lowest BCUT2D eigenvalue weighted by atomic mass is 10.1. The number of para-hydroxylation sites is 12. The molecule has 0 bridgehead atoms. The molecule has 6 heterocycles. The maximum atomic E-state index is 6.46. The second kappa shape index (κ2) is 18.4. The van der Waals surface area contributed by atoms with Crippen molar-refractivity contribution >= 4 is 116 Å². The van der Waals surface area contributed by atoms with E-state index in [1.165, 1.54) is 0 Å². The first-order valence-corrected chi connectivity index (χ1v) is 28.4. The molecular weight excluding hydrogens is 1050 g/mol. The number of aromatic nitrogens is 6. The lowest BCUT2D eigenvalue weighted by Gasteiger charge is -2.26. The first-order valence-electron chi connectivity index (χ1n) is 28.4. The lowest BCUT2D eigenvalue weighted by molar-refractivity contribution is 0.619. The van der Waals surface area contributed by atoms with Crippen LogP contribution in [0.5, 0.6) is 0 Å². The van der Waals surface area contributed by atoms with Crippen LogP contribution in [0.3, 0.4) is 0 Å². The summed E-state index contributed by atoms with van der Waals surface area (Å²) in [5.74, 6) is 1.72. The molecule has 85 heavy (non-hydrogen) atoms. The predicted octanol–water partition coefficient (Wildman–Crippen LogP) is 19.9. The quantitative estimate of drug-likeness (QED) is 0.142. The van der Waals surface area contributed by atoms with Crippen LogP contribution >= 0.6 is 0 Å². The number of oxazole rings is 3. The van der Waals surface area contributed by atoms with E-state index in [9.17, 15) is 0 Å². The largest absolute Gasteiger partial charge is 0.436 e. The molecule has 0 aliphatic carbocycles. The highest BCUT2D eigenvalue weighted by molar-refractivity contribution is 6.15. The smallest absolute Gasteiger partial charge is 0.229 e. The Morgan fingerprint density at radius 1 is 0.247 bits per heavy atom. The first kappa shape index (κ1) is 46.9. The molecule has 0 aliphatic heterocycles. The fraction of sp³-hybridized carbons (Fsp3) is 0. The molecular formula is C75H45N7O3. The van der Waals surface area contributed by atoms with Crippen molar-refractivity contribution in [3.05, 3.63) is 273 Å². The van der Waals surface area contributed by atoms with Crippen molar-refractivity contribution in [3.63, 3.8) is 0 Å². The standard InChI is InChI=1S/C75H45N7O3/c1-10-28-61-49(19-1)55-43-46(37-40-67(55)80(61)64-31-13-4-22-52(64)73-76-58-25-7-16-34-70(58)83-73)79(47-38-41-68-56(44-47)50-20-2-11-29-62(50)81(68)65-32-14-5-23-53(65)74-77-59-26-8-17-35-71(59)84-74)48-39-42-69-57(45-48)51-21-3-12-30-63(51)82(69)66-33-15-6-24-54(66)75-78-60-27-9-18-36-72(60)85-75/h1-45H. The van der Waals surface area contributed by atoms with Gasteiger partial charge in [-0.05, 0) is 146 Å².